The predicted molar refractivity (Wildman–Crippen MR) is 63.8 cm³/mol. The highest BCUT2D eigenvalue weighted by molar-refractivity contribution is 5.33. The SMILES string of the molecule is CNC1CC(Oc2cc(F)ccc2C)C1OC. The fourth-order valence-electron chi connectivity index (χ4n) is 2.16. The molecule has 1 fully saturated rings. The Morgan fingerprint density at radius 3 is 2.82 bits per heavy atom. The summed E-state index contributed by atoms with van der Waals surface area (Å²) < 4.78 is 24.3. The van der Waals surface area contributed by atoms with Crippen LogP contribution in [-0.2, 0) is 4.74 Å². The van der Waals surface area contributed by atoms with Crippen molar-refractivity contribution < 1.29 is 13.9 Å². The second-order valence-corrected chi connectivity index (χ2v) is 4.40. The summed E-state index contributed by atoms with van der Waals surface area (Å²) in [4.78, 5) is 0. The molecule has 2 rings (SSSR count). The molecular weight excluding hydrogens is 221 g/mol. The van der Waals surface area contributed by atoms with E-state index in [4.69, 9.17) is 9.47 Å². The van der Waals surface area contributed by atoms with Gasteiger partial charge in [0, 0.05) is 25.6 Å². The Balaban J connectivity index is 2.04. The fraction of sp³-hybridized carbons (Fsp3) is 0.538. The van der Waals surface area contributed by atoms with Gasteiger partial charge >= 0.3 is 0 Å². The minimum atomic E-state index is -0.274. The molecule has 1 aliphatic rings. The lowest BCUT2D eigenvalue weighted by molar-refractivity contribution is -0.0872. The van der Waals surface area contributed by atoms with Crippen molar-refractivity contribution >= 4 is 0 Å². The molecule has 0 saturated heterocycles. The third-order valence-electron chi connectivity index (χ3n) is 3.32. The van der Waals surface area contributed by atoms with Gasteiger partial charge in [-0.2, -0.15) is 0 Å². The topological polar surface area (TPSA) is 30.5 Å². The van der Waals surface area contributed by atoms with Crippen molar-refractivity contribution in [3.63, 3.8) is 0 Å². The lowest BCUT2D eigenvalue weighted by Gasteiger charge is -2.43. The molecule has 3 atom stereocenters. The number of rotatable bonds is 4. The quantitative estimate of drug-likeness (QED) is 0.870. The van der Waals surface area contributed by atoms with Crippen LogP contribution in [0.2, 0.25) is 0 Å². The molecule has 3 unspecified atom stereocenters. The molecule has 1 aliphatic carbocycles. The summed E-state index contributed by atoms with van der Waals surface area (Å²) in [7, 11) is 3.57. The highest BCUT2D eigenvalue weighted by Crippen LogP contribution is 2.30. The molecule has 4 heteroatoms. The number of methoxy groups -OCH3 is 1. The second kappa shape index (κ2) is 5.02. The lowest BCUT2D eigenvalue weighted by Crippen LogP contribution is -2.60. The first kappa shape index (κ1) is 12.3. The molecule has 1 N–H and O–H groups in total. The molecule has 1 aromatic rings. The number of hydrogen-bond acceptors (Lipinski definition) is 3. The van der Waals surface area contributed by atoms with Gasteiger partial charge in [-0.05, 0) is 25.6 Å². The molecule has 0 heterocycles. The van der Waals surface area contributed by atoms with E-state index in [1.807, 2.05) is 14.0 Å². The summed E-state index contributed by atoms with van der Waals surface area (Å²) in [5.74, 6) is 0.329. The van der Waals surface area contributed by atoms with E-state index in [0.29, 0.717) is 11.8 Å². The largest absolute Gasteiger partial charge is 0.487 e. The molecule has 0 aliphatic heterocycles. The minimum absolute atomic E-state index is 0.00190. The van der Waals surface area contributed by atoms with Gasteiger partial charge in [-0.25, -0.2) is 4.39 Å². The zero-order valence-corrected chi connectivity index (χ0v) is 10.4. The molecule has 0 radical (unpaired) electrons. The van der Waals surface area contributed by atoms with Gasteiger partial charge in [0.2, 0.25) is 0 Å². The normalized spacial score (nSPS) is 27.6. The highest BCUT2D eigenvalue weighted by Gasteiger charge is 2.42. The highest BCUT2D eigenvalue weighted by atomic mass is 19.1. The van der Waals surface area contributed by atoms with Crippen molar-refractivity contribution in [2.24, 2.45) is 0 Å². The van der Waals surface area contributed by atoms with E-state index < -0.39 is 0 Å². The summed E-state index contributed by atoms with van der Waals surface area (Å²) in [5.41, 5.74) is 0.939. The first-order valence-electron chi connectivity index (χ1n) is 5.78. The molecule has 17 heavy (non-hydrogen) atoms. The summed E-state index contributed by atoms with van der Waals surface area (Å²) in [5, 5.41) is 3.17. The average Bonchev–Trinajstić information content (AvgIpc) is 2.28. The first-order chi connectivity index (χ1) is 8.15. The van der Waals surface area contributed by atoms with E-state index >= 15 is 0 Å². The Kier molecular flexibility index (Phi) is 3.64. The van der Waals surface area contributed by atoms with Crippen LogP contribution in [0.25, 0.3) is 0 Å². The van der Waals surface area contributed by atoms with Crippen LogP contribution in [0.1, 0.15) is 12.0 Å². The van der Waals surface area contributed by atoms with E-state index in [0.717, 1.165) is 12.0 Å². The standard InChI is InChI=1S/C13H18FNO2/c1-8-4-5-9(14)6-11(8)17-12-7-10(15-2)13(12)16-3/h4-6,10,12-13,15H,7H2,1-3H3. The van der Waals surface area contributed by atoms with Gasteiger partial charge in [0.1, 0.15) is 23.8 Å². The number of halogens is 1. The van der Waals surface area contributed by atoms with E-state index in [1.165, 1.54) is 12.1 Å². The van der Waals surface area contributed by atoms with E-state index in [-0.39, 0.29) is 18.0 Å². The van der Waals surface area contributed by atoms with Crippen LogP contribution in [0, 0.1) is 12.7 Å². The van der Waals surface area contributed by atoms with Gasteiger partial charge in [0.05, 0.1) is 0 Å². The molecule has 0 spiro atoms. The van der Waals surface area contributed by atoms with Gasteiger partial charge < -0.3 is 14.8 Å². The van der Waals surface area contributed by atoms with Crippen molar-refractivity contribution in [3.05, 3.63) is 29.6 Å². The van der Waals surface area contributed by atoms with Crippen LogP contribution in [0.3, 0.4) is 0 Å². The molecule has 1 aromatic carbocycles. The molecule has 0 bridgehead atoms. The lowest BCUT2D eigenvalue weighted by atomic mass is 9.85. The molecule has 94 valence electrons. The number of likely N-dealkylation sites (N-methyl/N-ethyl adjacent to an activating group) is 1. The maximum absolute atomic E-state index is 13.1. The van der Waals surface area contributed by atoms with Gasteiger partial charge in [-0.3, -0.25) is 0 Å². The number of hydrogen-bond donors (Lipinski definition) is 1. The van der Waals surface area contributed by atoms with Crippen molar-refractivity contribution in [2.75, 3.05) is 14.2 Å². The summed E-state index contributed by atoms with van der Waals surface area (Å²) in [6, 6.07) is 4.90. The monoisotopic (exact) mass is 239 g/mol. The van der Waals surface area contributed by atoms with E-state index in [1.54, 1.807) is 13.2 Å². The van der Waals surface area contributed by atoms with Crippen LogP contribution in [-0.4, -0.2) is 32.4 Å². The predicted octanol–water partition coefficient (Wildman–Crippen LogP) is 1.89. The summed E-state index contributed by atoms with van der Waals surface area (Å²) in [6.07, 6.45) is 0.908. The first-order valence-corrected chi connectivity index (χ1v) is 5.78. The number of nitrogens with one attached hydrogen (secondary N) is 1. The summed E-state index contributed by atoms with van der Waals surface area (Å²) >= 11 is 0. The smallest absolute Gasteiger partial charge is 0.128 e. The van der Waals surface area contributed by atoms with Crippen LogP contribution >= 0.6 is 0 Å². The van der Waals surface area contributed by atoms with Crippen molar-refractivity contribution in [1.82, 2.24) is 5.32 Å². The Labute approximate surface area is 101 Å². The Morgan fingerprint density at radius 1 is 1.41 bits per heavy atom. The van der Waals surface area contributed by atoms with Crippen molar-refractivity contribution in [3.8, 4) is 5.75 Å². The van der Waals surface area contributed by atoms with Gasteiger partial charge in [-0.15, -0.1) is 0 Å². The number of aryl methyl sites for hydroxylation is 1. The van der Waals surface area contributed by atoms with Crippen molar-refractivity contribution in [2.45, 2.75) is 31.6 Å². The van der Waals surface area contributed by atoms with Gasteiger partial charge in [0.25, 0.3) is 0 Å². The fourth-order valence-corrected chi connectivity index (χ4v) is 2.16. The maximum Gasteiger partial charge on any atom is 0.128 e. The Hall–Kier alpha value is -1.13. The van der Waals surface area contributed by atoms with Crippen LogP contribution < -0.4 is 10.1 Å². The van der Waals surface area contributed by atoms with Crippen LogP contribution in [0.5, 0.6) is 5.75 Å². The zero-order valence-electron chi connectivity index (χ0n) is 10.4. The molecule has 0 aromatic heterocycles. The van der Waals surface area contributed by atoms with Crippen LogP contribution in [0.4, 0.5) is 4.39 Å². The number of ether oxygens (including phenoxy) is 2. The minimum Gasteiger partial charge on any atom is -0.487 e. The maximum atomic E-state index is 13.1. The van der Waals surface area contributed by atoms with Crippen LogP contribution in [0.15, 0.2) is 18.2 Å². The Morgan fingerprint density at radius 2 is 2.18 bits per heavy atom. The second-order valence-electron chi connectivity index (χ2n) is 4.40. The molecule has 0 amide bonds. The molecular formula is C13H18FNO2. The Bertz CT molecular complexity index is 397. The third kappa shape index (κ3) is 2.42. The average molecular weight is 239 g/mol. The van der Waals surface area contributed by atoms with E-state index in [2.05, 4.69) is 5.32 Å². The summed E-state index contributed by atoms with van der Waals surface area (Å²) in [6.45, 7) is 1.91. The third-order valence-corrected chi connectivity index (χ3v) is 3.32. The molecule has 1 saturated carbocycles. The van der Waals surface area contributed by atoms with Crippen molar-refractivity contribution in [1.29, 1.82) is 0 Å². The van der Waals surface area contributed by atoms with Gasteiger partial charge in [0.15, 0.2) is 0 Å². The molecule has 3 nitrogen and oxygen atoms in total. The van der Waals surface area contributed by atoms with E-state index in [9.17, 15) is 4.39 Å². The zero-order chi connectivity index (χ0) is 12.4. The number of benzene rings is 1. The van der Waals surface area contributed by atoms with Gasteiger partial charge in [-0.1, -0.05) is 6.07 Å².